The van der Waals surface area contributed by atoms with Crippen LogP contribution in [0.25, 0.3) is 0 Å². The quantitative estimate of drug-likeness (QED) is 0.718. The summed E-state index contributed by atoms with van der Waals surface area (Å²) in [6, 6.07) is 7.46. The smallest absolute Gasteiger partial charge is 0.224 e. The Morgan fingerprint density at radius 2 is 2.33 bits per heavy atom. The van der Waals surface area contributed by atoms with Crippen molar-refractivity contribution in [3.8, 4) is 5.75 Å². The minimum absolute atomic E-state index is 0.00198. The van der Waals surface area contributed by atoms with Gasteiger partial charge in [0, 0.05) is 13.1 Å². The zero-order chi connectivity index (χ0) is 15.1. The van der Waals surface area contributed by atoms with Gasteiger partial charge < -0.3 is 20.5 Å². The van der Waals surface area contributed by atoms with Crippen LogP contribution in [-0.4, -0.2) is 43.4 Å². The van der Waals surface area contributed by atoms with Crippen LogP contribution in [-0.2, 0) is 4.79 Å². The second-order valence-electron chi connectivity index (χ2n) is 5.18. The predicted octanol–water partition coefficient (Wildman–Crippen LogP) is 1.30. The summed E-state index contributed by atoms with van der Waals surface area (Å²) in [7, 11) is 0. The third-order valence-corrected chi connectivity index (χ3v) is 4.10. The number of hydrogen-bond donors (Lipinski definition) is 3. The van der Waals surface area contributed by atoms with Crippen LogP contribution in [0.3, 0.4) is 0 Å². The highest BCUT2D eigenvalue weighted by atomic mass is 79.9. The number of para-hydroxylation sites is 1. The fraction of sp³-hybridized carbons (Fsp3) is 0.533. The van der Waals surface area contributed by atoms with Crippen molar-refractivity contribution in [1.82, 2.24) is 10.6 Å². The van der Waals surface area contributed by atoms with Crippen molar-refractivity contribution in [2.75, 3.05) is 26.2 Å². The van der Waals surface area contributed by atoms with E-state index in [1.165, 1.54) is 0 Å². The third kappa shape index (κ3) is 5.30. The van der Waals surface area contributed by atoms with Gasteiger partial charge in [-0.1, -0.05) is 12.1 Å². The predicted molar refractivity (Wildman–Crippen MR) is 84.2 cm³/mol. The lowest BCUT2D eigenvalue weighted by atomic mass is 9.99. The molecule has 2 unspecified atom stereocenters. The van der Waals surface area contributed by atoms with E-state index in [0.29, 0.717) is 5.75 Å². The normalized spacial score (nSPS) is 19.8. The number of carbonyl (C=O) groups is 1. The van der Waals surface area contributed by atoms with Crippen molar-refractivity contribution in [2.45, 2.75) is 18.9 Å². The van der Waals surface area contributed by atoms with Crippen LogP contribution in [0.15, 0.2) is 28.7 Å². The van der Waals surface area contributed by atoms with Crippen LogP contribution in [0.2, 0.25) is 0 Å². The largest absolute Gasteiger partial charge is 0.490 e. The number of piperidine rings is 1. The van der Waals surface area contributed by atoms with Gasteiger partial charge in [0.1, 0.15) is 18.5 Å². The van der Waals surface area contributed by atoms with Gasteiger partial charge in [-0.05, 0) is 47.4 Å². The van der Waals surface area contributed by atoms with E-state index in [9.17, 15) is 9.90 Å². The molecule has 1 heterocycles. The first kappa shape index (κ1) is 16.3. The Morgan fingerprint density at radius 3 is 3.05 bits per heavy atom. The van der Waals surface area contributed by atoms with E-state index in [-0.39, 0.29) is 25.0 Å². The highest BCUT2D eigenvalue weighted by Crippen LogP contribution is 2.23. The Hall–Kier alpha value is -1.11. The van der Waals surface area contributed by atoms with Gasteiger partial charge >= 0.3 is 0 Å². The molecule has 1 amide bonds. The number of halogens is 1. The fourth-order valence-corrected chi connectivity index (χ4v) is 2.64. The Balaban J connectivity index is 1.68. The van der Waals surface area contributed by atoms with Crippen LogP contribution in [0, 0.1) is 5.92 Å². The number of benzene rings is 1. The molecule has 21 heavy (non-hydrogen) atoms. The van der Waals surface area contributed by atoms with E-state index < -0.39 is 6.10 Å². The van der Waals surface area contributed by atoms with Crippen molar-refractivity contribution in [3.05, 3.63) is 28.7 Å². The summed E-state index contributed by atoms with van der Waals surface area (Å²) in [5, 5.41) is 15.9. The van der Waals surface area contributed by atoms with E-state index in [2.05, 4.69) is 26.6 Å². The number of carbonyl (C=O) groups excluding carboxylic acids is 1. The van der Waals surface area contributed by atoms with Crippen molar-refractivity contribution in [3.63, 3.8) is 0 Å². The first-order valence-electron chi connectivity index (χ1n) is 7.20. The molecule has 1 aliphatic heterocycles. The first-order valence-corrected chi connectivity index (χ1v) is 8.00. The molecule has 1 aliphatic rings. The Bertz CT molecular complexity index is 464. The lowest BCUT2D eigenvalue weighted by Gasteiger charge is -2.22. The zero-order valence-corrected chi connectivity index (χ0v) is 13.4. The number of aliphatic hydroxyl groups is 1. The minimum Gasteiger partial charge on any atom is -0.490 e. The van der Waals surface area contributed by atoms with Gasteiger partial charge in [0.15, 0.2) is 0 Å². The summed E-state index contributed by atoms with van der Waals surface area (Å²) >= 11 is 3.38. The average molecular weight is 357 g/mol. The van der Waals surface area contributed by atoms with Crippen LogP contribution < -0.4 is 15.4 Å². The number of rotatable bonds is 6. The first-order chi connectivity index (χ1) is 10.2. The van der Waals surface area contributed by atoms with Gasteiger partial charge in [-0.15, -0.1) is 0 Å². The van der Waals surface area contributed by atoms with Crippen molar-refractivity contribution in [2.24, 2.45) is 5.92 Å². The fourth-order valence-electron chi connectivity index (χ4n) is 2.25. The summed E-state index contributed by atoms with van der Waals surface area (Å²) in [6.07, 6.45) is 1.20. The monoisotopic (exact) mass is 356 g/mol. The molecule has 0 aliphatic carbocycles. The molecule has 3 N–H and O–H groups in total. The van der Waals surface area contributed by atoms with Crippen molar-refractivity contribution >= 4 is 21.8 Å². The second kappa shape index (κ2) is 8.36. The maximum absolute atomic E-state index is 11.9. The van der Waals surface area contributed by atoms with Gasteiger partial charge in [-0.25, -0.2) is 0 Å². The van der Waals surface area contributed by atoms with E-state index in [1.807, 2.05) is 24.3 Å². The molecule has 0 spiro atoms. The number of aliphatic hydroxyl groups excluding tert-OH is 1. The van der Waals surface area contributed by atoms with Gasteiger partial charge in [0.2, 0.25) is 5.91 Å². The summed E-state index contributed by atoms with van der Waals surface area (Å²) in [5.74, 6) is 0.691. The molecule has 0 radical (unpaired) electrons. The topological polar surface area (TPSA) is 70.6 Å². The molecule has 1 saturated heterocycles. The molecule has 2 rings (SSSR count). The Morgan fingerprint density at radius 1 is 1.52 bits per heavy atom. The Kier molecular flexibility index (Phi) is 6.48. The summed E-state index contributed by atoms with van der Waals surface area (Å²) in [4.78, 5) is 11.9. The SMILES string of the molecule is O=C(NCC(O)COc1ccccc1Br)C1CCCNC1. The summed E-state index contributed by atoms with van der Waals surface area (Å²) in [6.45, 7) is 2.05. The van der Waals surface area contributed by atoms with Gasteiger partial charge in [-0.2, -0.15) is 0 Å². The van der Waals surface area contributed by atoms with Crippen LogP contribution >= 0.6 is 15.9 Å². The van der Waals surface area contributed by atoms with Gasteiger partial charge in [-0.3, -0.25) is 4.79 Å². The lowest BCUT2D eigenvalue weighted by Crippen LogP contribution is -2.43. The van der Waals surface area contributed by atoms with E-state index in [4.69, 9.17) is 4.74 Å². The molecule has 1 aromatic rings. The van der Waals surface area contributed by atoms with Crippen LogP contribution in [0.5, 0.6) is 5.75 Å². The maximum Gasteiger partial charge on any atom is 0.224 e. The molecule has 1 aromatic carbocycles. The molecular formula is C15H21BrN2O3. The van der Waals surface area contributed by atoms with Gasteiger partial charge in [0.05, 0.1) is 10.4 Å². The van der Waals surface area contributed by atoms with Crippen molar-refractivity contribution < 1.29 is 14.6 Å². The number of hydrogen-bond acceptors (Lipinski definition) is 4. The number of amides is 1. The second-order valence-corrected chi connectivity index (χ2v) is 6.04. The molecule has 6 heteroatoms. The Labute approximate surface area is 133 Å². The molecule has 0 aromatic heterocycles. The zero-order valence-electron chi connectivity index (χ0n) is 11.8. The third-order valence-electron chi connectivity index (χ3n) is 3.45. The molecule has 0 bridgehead atoms. The van der Waals surface area contributed by atoms with Crippen LogP contribution in [0.4, 0.5) is 0 Å². The van der Waals surface area contributed by atoms with Crippen molar-refractivity contribution in [1.29, 1.82) is 0 Å². The maximum atomic E-state index is 11.9. The molecular weight excluding hydrogens is 336 g/mol. The van der Waals surface area contributed by atoms with E-state index in [0.717, 1.165) is 30.4 Å². The lowest BCUT2D eigenvalue weighted by molar-refractivity contribution is -0.126. The highest BCUT2D eigenvalue weighted by molar-refractivity contribution is 9.10. The molecule has 2 atom stereocenters. The molecule has 5 nitrogen and oxygen atoms in total. The minimum atomic E-state index is -0.724. The molecule has 1 fully saturated rings. The van der Waals surface area contributed by atoms with Gasteiger partial charge in [0.25, 0.3) is 0 Å². The standard InChI is InChI=1S/C15H21BrN2O3/c16-13-5-1-2-6-14(13)21-10-12(19)9-18-15(20)11-4-3-7-17-8-11/h1-2,5-6,11-12,17,19H,3-4,7-10H2,(H,18,20). The highest BCUT2D eigenvalue weighted by Gasteiger charge is 2.21. The van der Waals surface area contributed by atoms with Crippen LogP contribution in [0.1, 0.15) is 12.8 Å². The average Bonchev–Trinajstić information content (AvgIpc) is 2.52. The molecule has 0 saturated carbocycles. The van der Waals surface area contributed by atoms with E-state index in [1.54, 1.807) is 0 Å². The number of ether oxygens (including phenoxy) is 1. The molecule has 116 valence electrons. The summed E-state index contributed by atoms with van der Waals surface area (Å²) < 4.78 is 6.36. The summed E-state index contributed by atoms with van der Waals surface area (Å²) in [5.41, 5.74) is 0. The number of nitrogens with one attached hydrogen (secondary N) is 2. The van der Waals surface area contributed by atoms with E-state index >= 15 is 0 Å².